The Hall–Kier alpha value is -5.81. The number of esters is 3. The molecule has 8 rings (SSSR count). The van der Waals surface area contributed by atoms with Gasteiger partial charge in [-0.1, -0.05) is 90.1 Å². The van der Waals surface area contributed by atoms with Crippen LogP contribution in [0, 0.1) is 0 Å². The van der Waals surface area contributed by atoms with Gasteiger partial charge in [-0.2, -0.15) is 0 Å². The molecule has 3 aliphatic rings. The summed E-state index contributed by atoms with van der Waals surface area (Å²) < 4.78 is 57.6. The Morgan fingerprint density at radius 2 is 1.19 bits per heavy atom. The van der Waals surface area contributed by atoms with E-state index in [-0.39, 0.29) is 29.8 Å². The van der Waals surface area contributed by atoms with E-state index in [0.717, 1.165) is 5.56 Å². The minimum atomic E-state index is -1.45. The third-order valence-electron chi connectivity index (χ3n) is 10.1. The molecule has 3 aliphatic heterocycles. The first kappa shape index (κ1) is 40.0. The second-order valence-electron chi connectivity index (χ2n) is 14.6. The van der Waals surface area contributed by atoms with Gasteiger partial charge in [0.1, 0.15) is 24.4 Å². The highest BCUT2D eigenvalue weighted by Gasteiger charge is 2.57. The third-order valence-corrected chi connectivity index (χ3v) is 10.1. The molecule has 0 saturated carbocycles. The minimum Gasteiger partial charge on any atom is -0.452 e. The first-order valence-electron chi connectivity index (χ1n) is 19.2. The highest BCUT2D eigenvalue weighted by Crippen LogP contribution is 2.45. The topological polar surface area (TPSA) is 165 Å². The van der Waals surface area contributed by atoms with Crippen molar-refractivity contribution in [1.82, 2.24) is 15.0 Å². The molecule has 306 valence electrons. The van der Waals surface area contributed by atoms with Crippen molar-refractivity contribution in [2.75, 3.05) is 7.11 Å². The van der Waals surface area contributed by atoms with E-state index in [2.05, 4.69) is 10.3 Å². The Morgan fingerprint density at radius 1 is 0.661 bits per heavy atom. The Morgan fingerprint density at radius 3 is 1.75 bits per heavy atom. The summed E-state index contributed by atoms with van der Waals surface area (Å²) in [5.41, 5.74) is 2.08. The quantitative estimate of drug-likeness (QED) is 0.109. The van der Waals surface area contributed by atoms with Crippen molar-refractivity contribution < 1.29 is 57.0 Å². The van der Waals surface area contributed by atoms with Crippen LogP contribution in [0.1, 0.15) is 62.3 Å². The molecule has 1 aromatic heterocycles. The SMILES string of the molecule is CO[C@H]1O[C@H](Cn2nncc2[C@H]2O[C@@H]3OC(C)(C)O[C@@H]3[C@@H]2OCc2ccccc2)[C@@H](OC(=O)c2ccccc2)[C@H](OC(=O)c2ccccc2)[C@H]1OC(=O)c1ccccc1. The second-order valence-corrected chi connectivity index (χ2v) is 14.6. The van der Waals surface area contributed by atoms with Gasteiger partial charge in [0.25, 0.3) is 0 Å². The summed E-state index contributed by atoms with van der Waals surface area (Å²) >= 11 is 0. The van der Waals surface area contributed by atoms with Crippen LogP contribution >= 0.6 is 0 Å². The number of aromatic nitrogens is 3. The summed E-state index contributed by atoms with van der Waals surface area (Å²) in [6.45, 7) is 3.74. The standard InChI is InChI=1S/C44H43N3O12/c1-44(2)58-38-35(52-26-27-16-8-4-9-17-27)33(57-43(38)59-44)31-24-45-46-47(31)25-32-34(54-39(48)28-18-10-5-11-19-28)36(55-40(49)29-20-12-6-13-21-29)37(42(51-3)53-32)56-41(50)30-22-14-7-15-23-30/h4-24,32-38,42-43H,25-26H2,1-3H3/t32-,33-,34-,35-,36+,37-,38-,42+,43-/m1/s1. The number of carbonyl (C=O) groups excluding carboxylic acids is 3. The molecule has 15 nitrogen and oxygen atoms in total. The number of hydrogen-bond donors (Lipinski definition) is 0. The van der Waals surface area contributed by atoms with E-state index in [1.807, 2.05) is 30.3 Å². The number of ether oxygens (including phenoxy) is 9. The molecule has 0 radical (unpaired) electrons. The van der Waals surface area contributed by atoms with Crippen LogP contribution in [0.3, 0.4) is 0 Å². The number of methoxy groups -OCH3 is 1. The maximum atomic E-state index is 13.9. The number of nitrogens with zero attached hydrogens (tertiary/aromatic N) is 3. The van der Waals surface area contributed by atoms with Crippen LogP contribution in [0.4, 0.5) is 0 Å². The maximum Gasteiger partial charge on any atom is 0.338 e. The van der Waals surface area contributed by atoms with Crippen molar-refractivity contribution >= 4 is 17.9 Å². The lowest BCUT2D eigenvalue weighted by Gasteiger charge is -2.44. The minimum absolute atomic E-state index is 0.130. The van der Waals surface area contributed by atoms with E-state index >= 15 is 0 Å². The van der Waals surface area contributed by atoms with Gasteiger partial charge in [0.2, 0.25) is 0 Å². The van der Waals surface area contributed by atoms with Gasteiger partial charge in [-0.05, 0) is 55.8 Å². The first-order chi connectivity index (χ1) is 28.7. The van der Waals surface area contributed by atoms with Gasteiger partial charge in [-0.15, -0.1) is 5.10 Å². The molecule has 0 aliphatic carbocycles. The Bertz CT molecular complexity index is 2190. The number of hydrogen-bond acceptors (Lipinski definition) is 14. The van der Waals surface area contributed by atoms with Gasteiger partial charge >= 0.3 is 17.9 Å². The summed E-state index contributed by atoms with van der Waals surface area (Å²) in [6.07, 6.45) is -7.96. The van der Waals surface area contributed by atoms with E-state index in [9.17, 15) is 14.4 Å². The number of fused-ring (bicyclic) bond motifs is 1. The molecule has 3 fully saturated rings. The largest absolute Gasteiger partial charge is 0.452 e. The van der Waals surface area contributed by atoms with Gasteiger partial charge < -0.3 is 42.6 Å². The predicted molar refractivity (Wildman–Crippen MR) is 205 cm³/mol. The first-order valence-corrected chi connectivity index (χ1v) is 19.2. The molecule has 9 atom stereocenters. The fourth-order valence-electron chi connectivity index (χ4n) is 7.38. The molecule has 4 aromatic carbocycles. The van der Waals surface area contributed by atoms with E-state index in [0.29, 0.717) is 5.69 Å². The van der Waals surface area contributed by atoms with Crippen LogP contribution in [0.2, 0.25) is 0 Å². The van der Waals surface area contributed by atoms with Crippen molar-refractivity contribution in [3.8, 4) is 0 Å². The molecule has 0 spiro atoms. The smallest absolute Gasteiger partial charge is 0.338 e. The van der Waals surface area contributed by atoms with E-state index < -0.39 is 79.0 Å². The fourth-order valence-corrected chi connectivity index (χ4v) is 7.38. The zero-order valence-electron chi connectivity index (χ0n) is 32.5. The van der Waals surface area contributed by atoms with Crippen LogP contribution in [0.25, 0.3) is 0 Å². The molecule has 0 unspecified atom stereocenters. The summed E-state index contributed by atoms with van der Waals surface area (Å²) in [4.78, 5) is 41.3. The highest BCUT2D eigenvalue weighted by molar-refractivity contribution is 5.91. The average Bonchev–Trinajstić information content (AvgIpc) is 3.94. The fraction of sp³-hybridized carbons (Fsp3) is 0.341. The molecule has 15 heteroatoms. The van der Waals surface area contributed by atoms with Crippen LogP contribution in [-0.2, 0) is 55.8 Å². The number of benzene rings is 4. The average molecular weight is 806 g/mol. The summed E-state index contributed by atoms with van der Waals surface area (Å²) in [5.74, 6) is -3.17. The second kappa shape index (κ2) is 17.6. The Labute approximate surface area is 340 Å². The van der Waals surface area contributed by atoms with Gasteiger partial charge in [-0.3, -0.25) is 0 Å². The van der Waals surface area contributed by atoms with E-state index in [1.54, 1.807) is 105 Å². The lowest BCUT2D eigenvalue weighted by atomic mass is 9.97. The van der Waals surface area contributed by atoms with Crippen molar-refractivity contribution in [2.45, 2.75) is 88.1 Å². The molecule has 0 bridgehead atoms. The molecule has 0 amide bonds. The normalized spacial score (nSPS) is 27.1. The van der Waals surface area contributed by atoms with Crippen LogP contribution in [0.15, 0.2) is 128 Å². The van der Waals surface area contributed by atoms with Crippen LogP contribution < -0.4 is 0 Å². The third kappa shape index (κ3) is 8.95. The molecule has 5 aromatic rings. The molecule has 3 saturated heterocycles. The molecular weight excluding hydrogens is 762 g/mol. The van der Waals surface area contributed by atoms with Crippen LogP contribution in [-0.4, -0.2) is 95.0 Å². The van der Waals surface area contributed by atoms with Gasteiger partial charge in [0.05, 0.1) is 41.7 Å². The van der Waals surface area contributed by atoms with E-state index in [1.165, 1.54) is 18.0 Å². The van der Waals surface area contributed by atoms with Crippen molar-refractivity contribution in [1.29, 1.82) is 0 Å². The molecule has 4 heterocycles. The number of carbonyl (C=O) groups is 3. The van der Waals surface area contributed by atoms with Gasteiger partial charge in [0, 0.05) is 7.11 Å². The Kier molecular flexibility index (Phi) is 11.9. The summed E-state index contributed by atoms with van der Waals surface area (Å²) in [5, 5.41) is 8.61. The lowest BCUT2D eigenvalue weighted by Crippen LogP contribution is -2.62. The monoisotopic (exact) mass is 805 g/mol. The lowest BCUT2D eigenvalue weighted by molar-refractivity contribution is -0.290. The summed E-state index contributed by atoms with van der Waals surface area (Å²) in [6, 6.07) is 34.5. The highest BCUT2D eigenvalue weighted by atomic mass is 16.8. The zero-order chi connectivity index (χ0) is 40.9. The van der Waals surface area contributed by atoms with Crippen molar-refractivity contribution in [3.63, 3.8) is 0 Å². The number of rotatable bonds is 13. The van der Waals surface area contributed by atoms with Crippen molar-refractivity contribution in [2.24, 2.45) is 0 Å². The van der Waals surface area contributed by atoms with Crippen LogP contribution in [0.5, 0.6) is 0 Å². The molecule has 59 heavy (non-hydrogen) atoms. The Balaban J connectivity index is 1.14. The zero-order valence-corrected chi connectivity index (χ0v) is 32.5. The van der Waals surface area contributed by atoms with Gasteiger partial charge in [0.15, 0.2) is 36.7 Å². The molecular formula is C44H43N3O12. The van der Waals surface area contributed by atoms with E-state index in [4.69, 9.17) is 42.6 Å². The van der Waals surface area contributed by atoms with Gasteiger partial charge in [-0.25, -0.2) is 19.1 Å². The maximum absolute atomic E-state index is 13.9. The molecule has 0 N–H and O–H groups in total. The summed E-state index contributed by atoms with van der Waals surface area (Å²) in [7, 11) is 1.36. The predicted octanol–water partition coefficient (Wildman–Crippen LogP) is 5.46. The van der Waals surface area contributed by atoms with Crippen molar-refractivity contribution in [3.05, 3.63) is 155 Å².